The van der Waals surface area contributed by atoms with E-state index in [0.29, 0.717) is 28.5 Å². The maximum atomic E-state index is 12.6. The number of nitrogens with one attached hydrogen (secondary N) is 2. The SMILES string of the molecule is O=C(CSc1nc(C(F)(F)F)cc(=O)[nH]1)Nc1ccc(Br)cc1Cl. The maximum Gasteiger partial charge on any atom is 0.433 e. The van der Waals surface area contributed by atoms with E-state index < -0.39 is 23.3 Å². The third-order valence-corrected chi connectivity index (χ3v) is 4.23. The molecule has 11 heteroatoms. The third kappa shape index (κ3) is 5.25. The first-order valence-electron chi connectivity index (χ1n) is 6.21. The molecular weight excluding hydrogens is 435 g/mol. The van der Waals surface area contributed by atoms with Gasteiger partial charge in [0.15, 0.2) is 10.9 Å². The fraction of sp³-hybridized carbons (Fsp3) is 0.154. The third-order valence-electron chi connectivity index (χ3n) is 2.56. The van der Waals surface area contributed by atoms with Crippen molar-refractivity contribution in [1.29, 1.82) is 0 Å². The number of rotatable bonds is 4. The number of aromatic nitrogens is 2. The first-order valence-corrected chi connectivity index (χ1v) is 8.37. The van der Waals surface area contributed by atoms with Gasteiger partial charge < -0.3 is 10.3 Å². The Balaban J connectivity index is 2.04. The predicted octanol–water partition coefficient (Wildman–Crippen LogP) is 3.94. The van der Waals surface area contributed by atoms with Gasteiger partial charge in [0.05, 0.1) is 16.5 Å². The van der Waals surface area contributed by atoms with Crippen LogP contribution in [0.3, 0.4) is 0 Å². The molecule has 2 rings (SSSR count). The number of carbonyl (C=O) groups is 1. The number of H-pyrrole nitrogens is 1. The van der Waals surface area contributed by atoms with Crippen LogP contribution in [0.4, 0.5) is 18.9 Å². The number of carbonyl (C=O) groups excluding carboxylic acids is 1. The molecule has 0 saturated heterocycles. The lowest BCUT2D eigenvalue weighted by molar-refractivity contribution is -0.141. The molecule has 1 heterocycles. The minimum absolute atomic E-state index is 0.253. The molecule has 1 aromatic heterocycles. The van der Waals surface area contributed by atoms with Crippen molar-refractivity contribution >= 4 is 50.9 Å². The fourth-order valence-electron chi connectivity index (χ4n) is 1.56. The van der Waals surface area contributed by atoms with Gasteiger partial charge in [-0.15, -0.1) is 0 Å². The Morgan fingerprint density at radius 3 is 2.71 bits per heavy atom. The number of aromatic amines is 1. The summed E-state index contributed by atoms with van der Waals surface area (Å²) in [6.07, 6.45) is -4.74. The van der Waals surface area contributed by atoms with Crippen LogP contribution in [0, 0.1) is 0 Å². The van der Waals surface area contributed by atoms with Crippen molar-refractivity contribution in [2.45, 2.75) is 11.3 Å². The fourth-order valence-corrected chi connectivity index (χ4v) is 2.96. The molecule has 24 heavy (non-hydrogen) atoms. The van der Waals surface area contributed by atoms with Gasteiger partial charge in [-0.25, -0.2) is 4.98 Å². The Labute approximate surface area is 151 Å². The van der Waals surface area contributed by atoms with Crippen molar-refractivity contribution in [1.82, 2.24) is 9.97 Å². The average Bonchev–Trinajstić information content (AvgIpc) is 2.47. The summed E-state index contributed by atoms with van der Waals surface area (Å²) in [4.78, 5) is 28.5. The number of nitrogens with zero attached hydrogens (tertiary/aromatic N) is 1. The van der Waals surface area contributed by atoms with Gasteiger partial charge in [-0.3, -0.25) is 9.59 Å². The number of amides is 1. The first-order chi connectivity index (χ1) is 11.1. The predicted molar refractivity (Wildman–Crippen MR) is 88.4 cm³/mol. The molecule has 1 amide bonds. The Bertz CT molecular complexity index is 829. The molecule has 0 bridgehead atoms. The maximum absolute atomic E-state index is 12.6. The molecule has 0 aliphatic heterocycles. The standard InChI is InChI=1S/C13H8BrClF3N3O2S/c14-6-1-2-8(7(15)3-6)19-11(23)5-24-12-20-9(13(16,17)18)4-10(22)21-12/h1-4H,5H2,(H,19,23)(H,20,21,22). The normalized spacial score (nSPS) is 11.4. The summed E-state index contributed by atoms with van der Waals surface area (Å²) < 4.78 is 38.5. The van der Waals surface area contributed by atoms with Crippen LogP contribution in [0.1, 0.15) is 5.69 Å². The van der Waals surface area contributed by atoms with E-state index >= 15 is 0 Å². The lowest BCUT2D eigenvalue weighted by Gasteiger charge is -2.08. The van der Waals surface area contributed by atoms with Gasteiger partial charge in [0.25, 0.3) is 5.56 Å². The van der Waals surface area contributed by atoms with Crippen molar-refractivity contribution in [3.05, 3.63) is 49.8 Å². The van der Waals surface area contributed by atoms with E-state index in [1.165, 1.54) is 0 Å². The molecule has 0 atom stereocenters. The zero-order chi connectivity index (χ0) is 17.9. The first kappa shape index (κ1) is 18.8. The highest BCUT2D eigenvalue weighted by Gasteiger charge is 2.33. The smallest absolute Gasteiger partial charge is 0.324 e. The van der Waals surface area contributed by atoms with Gasteiger partial charge in [-0.05, 0) is 18.2 Å². The van der Waals surface area contributed by atoms with Crippen LogP contribution in [-0.2, 0) is 11.0 Å². The molecule has 128 valence electrons. The number of halogens is 5. The Kier molecular flexibility index (Phi) is 5.94. The molecule has 5 nitrogen and oxygen atoms in total. The lowest BCUT2D eigenvalue weighted by Crippen LogP contribution is -2.18. The topological polar surface area (TPSA) is 74.8 Å². The van der Waals surface area contributed by atoms with E-state index in [1.54, 1.807) is 18.2 Å². The summed E-state index contributed by atoms with van der Waals surface area (Å²) >= 11 is 9.83. The van der Waals surface area contributed by atoms with Crippen LogP contribution >= 0.6 is 39.3 Å². The quantitative estimate of drug-likeness (QED) is 0.556. The molecule has 0 aliphatic rings. The van der Waals surface area contributed by atoms with Crippen LogP contribution in [0.5, 0.6) is 0 Å². The van der Waals surface area contributed by atoms with E-state index in [9.17, 15) is 22.8 Å². The monoisotopic (exact) mass is 441 g/mol. The van der Waals surface area contributed by atoms with Gasteiger partial charge in [-0.2, -0.15) is 13.2 Å². The van der Waals surface area contributed by atoms with Crippen molar-refractivity contribution in [2.75, 3.05) is 11.1 Å². The molecule has 2 N–H and O–H groups in total. The molecular formula is C13H8BrClF3N3O2S. The highest BCUT2D eigenvalue weighted by Crippen LogP contribution is 2.28. The van der Waals surface area contributed by atoms with Crippen LogP contribution in [0.25, 0.3) is 0 Å². The molecule has 1 aromatic carbocycles. The number of thioether (sulfide) groups is 1. The minimum Gasteiger partial charge on any atom is -0.324 e. The second kappa shape index (κ2) is 7.58. The van der Waals surface area contributed by atoms with Crippen molar-refractivity contribution in [3.8, 4) is 0 Å². The minimum atomic E-state index is -4.74. The van der Waals surface area contributed by atoms with Crippen molar-refractivity contribution in [3.63, 3.8) is 0 Å². The van der Waals surface area contributed by atoms with Crippen molar-refractivity contribution in [2.24, 2.45) is 0 Å². The average molecular weight is 443 g/mol. The summed E-state index contributed by atoms with van der Waals surface area (Å²) in [5, 5.41) is 2.51. The second-order valence-electron chi connectivity index (χ2n) is 4.39. The van der Waals surface area contributed by atoms with Crippen LogP contribution in [0.15, 0.2) is 38.7 Å². The Hall–Kier alpha value is -1.52. The van der Waals surface area contributed by atoms with E-state index in [4.69, 9.17) is 11.6 Å². The summed E-state index contributed by atoms with van der Waals surface area (Å²) in [6, 6.07) is 5.17. The zero-order valence-corrected chi connectivity index (χ0v) is 14.7. The summed E-state index contributed by atoms with van der Waals surface area (Å²) in [7, 11) is 0. The van der Waals surface area contributed by atoms with Crippen LogP contribution in [0.2, 0.25) is 5.02 Å². The van der Waals surface area contributed by atoms with Gasteiger partial charge in [0, 0.05) is 10.5 Å². The van der Waals surface area contributed by atoms with Crippen LogP contribution in [-0.4, -0.2) is 21.6 Å². The zero-order valence-electron chi connectivity index (χ0n) is 11.6. The van der Waals surface area contributed by atoms with E-state index in [0.717, 1.165) is 4.47 Å². The Morgan fingerprint density at radius 2 is 2.08 bits per heavy atom. The van der Waals surface area contributed by atoms with E-state index in [2.05, 4.69) is 31.2 Å². The van der Waals surface area contributed by atoms with Crippen molar-refractivity contribution < 1.29 is 18.0 Å². The molecule has 0 spiro atoms. The largest absolute Gasteiger partial charge is 0.433 e. The van der Waals surface area contributed by atoms with Gasteiger partial charge in [0.1, 0.15) is 0 Å². The molecule has 0 aliphatic carbocycles. The molecule has 0 saturated carbocycles. The van der Waals surface area contributed by atoms with E-state index in [1.807, 2.05) is 0 Å². The highest BCUT2D eigenvalue weighted by atomic mass is 79.9. The van der Waals surface area contributed by atoms with E-state index in [-0.39, 0.29) is 10.9 Å². The van der Waals surface area contributed by atoms with Gasteiger partial charge >= 0.3 is 6.18 Å². The lowest BCUT2D eigenvalue weighted by atomic mass is 10.3. The van der Waals surface area contributed by atoms with Gasteiger partial charge in [0.2, 0.25) is 5.91 Å². The van der Waals surface area contributed by atoms with Gasteiger partial charge in [-0.1, -0.05) is 39.3 Å². The number of benzene rings is 1. The molecule has 0 radical (unpaired) electrons. The molecule has 2 aromatic rings. The number of hydrogen-bond donors (Lipinski definition) is 2. The number of alkyl halides is 3. The number of anilines is 1. The second-order valence-corrected chi connectivity index (χ2v) is 6.68. The Morgan fingerprint density at radius 1 is 1.38 bits per heavy atom. The summed E-state index contributed by atoms with van der Waals surface area (Å²) in [6.45, 7) is 0. The summed E-state index contributed by atoms with van der Waals surface area (Å²) in [5.41, 5.74) is -1.91. The summed E-state index contributed by atoms with van der Waals surface area (Å²) in [5.74, 6) is -0.763. The molecule has 0 unspecified atom stereocenters. The molecule has 0 fully saturated rings. The highest BCUT2D eigenvalue weighted by molar-refractivity contribution is 9.10. The number of hydrogen-bond acceptors (Lipinski definition) is 4. The van der Waals surface area contributed by atoms with Crippen LogP contribution < -0.4 is 10.9 Å².